The van der Waals surface area contributed by atoms with Gasteiger partial charge in [0.05, 0.1) is 6.20 Å². The molecule has 6 heteroatoms. The number of hydrogen-bond donors (Lipinski definition) is 1. The van der Waals surface area contributed by atoms with E-state index in [4.69, 9.17) is 0 Å². The quantitative estimate of drug-likeness (QED) is 0.826. The molecular formula is C16H21N3OS2. The van der Waals surface area contributed by atoms with Crippen molar-refractivity contribution in [3.8, 4) is 0 Å². The minimum atomic E-state index is -0.00618. The zero-order chi connectivity index (χ0) is 15.4. The van der Waals surface area contributed by atoms with Crippen molar-refractivity contribution in [2.45, 2.75) is 30.9 Å². The number of nitrogens with zero attached hydrogens (tertiary/aromatic N) is 2. The van der Waals surface area contributed by atoms with Crippen molar-refractivity contribution in [3.05, 3.63) is 39.8 Å². The lowest BCUT2D eigenvalue weighted by molar-refractivity contribution is -0.120. The molecule has 0 saturated heterocycles. The van der Waals surface area contributed by atoms with Crippen molar-refractivity contribution in [1.82, 2.24) is 15.1 Å². The third-order valence-corrected chi connectivity index (χ3v) is 6.10. The van der Waals surface area contributed by atoms with Crippen LogP contribution >= 0.6 is 23.1 Å². The van der Waals surface area contributed by atoms with E-state index in [2.05, 4.69) is 28.1 Å². The van der Waals surface area contributed by atoms with E-state index in [0.29, 0.717) is 0 Å². The third-order valence-electron chi connectivity index (χ3n) is 3.86. The van der Waals surface area contributed by atoms with Gasteiger partial charge in [-0.15, -0.1) is 23.1 Å². The van der Waals surface area contributed by atoms with Crippen molar-refractivity contribution >= 4 is 29.0 Å². The SMILES string of the molecule is Cn1cc(CCCCNC(=O)[C@H]2SCCc3sccc32)cn1. The maximum Gasteiger partial charge on any atom is 0.237 e. The van der Waals surface area contributed by atoms with Gasteiger partial charge >= 0.3 is 0 Å². The van der Waals surface area contributed by atoms with E-state index >= 15 is 0 Å². The molecule has 2 aromatic heterocycles. The molecule has 1 aliphatic heterocycles. The smallest absolute Gasteiger partial charge is 0.237 e. The number of thioether (sulfide) groups is 1. The van der Waals surface area contributed by atoms with Crippen LogP contribution in [0.3, 0.4) is 0 Å². The van der Waals surface area contributed by atoms with Gasteiger partial charge in [0.15, 0.2) is 0 Å². The zero-order valence-corrected chi connectivity index (χ0v) is 14.4. The Kier molecular flexibility index (Phi) is 5.20. The highest BCUT2D eigenvalue weighted by atomic mass is 32.2. The largest absolute Gasteiger partial charge is 0.355 e. The molecule has 3 rings (SSSR count). The van der Waals surface area contributed by atoms with Crippen molar-refractivity contribution in [3.63, 3.8) is 0 Å². The number of thiophene rings is 1. The molecule has 1 atom stereocenters. The zero-order valence-electron chi connectivity index (χ0n) is 12.7. The molecule has 0 aliphatic carbocycles. The minimum absolute atomic E-state index is 0.00618. The topological polar surface area (TPSA) is 46.9 Å². The summed E-state index contributed by atoms with van der Waals surface area (Å²) >= 11 is 3.54. The van der Waals surface area contributed by atoms with E-state index in [0.717, 1.165) is 38.0 Å². The summed E-state index contributed by atoms with van der Waals surface area (Å²) in [6, 6.07) is 2.11. The number of carbonyl (C=O) groups excluding carboxylic acids is 1. The molecule has 118 valence electrons. The highest BCUT2D eigenvalue weighted by Crippen LogP contribution is 2.39. The maximum atomic E-state index is 12.4. The molecule has 0 saturated carbocycles. The molecule has 0 aromatic carbocycles. The summed E-state index contributed by atoms with van der Waals surface area (Å²) in [5.41, 5.74) is 2.49. The second-order valence-corrected chi connectivity index (χ2v) is 7.78. The number of unbranched alkanes of at least 4 members (excludes halogenated alkanes) is 1. The molecule has 3 heterocycles. The van der Waals surface area contributed by atoms with E-state index in [1.165, 1.54) is 16.0 Å². The molecule has 0 radical (unpaired) electrons. The number of hydrogen-bond acceptors (Lipinski definition) is 4. The van der Waals surface area contributed by atoms with Gasteiger partial charge < -0.3 is 5.32 Å². The Hall–Kier alpha value is -1.27. The molecule has 0 unspecified atom stereocenters. The number of aromatic nitrogens is 2. The molecule has 1 aliphatic rings. The molecule has 22 heavy (non-hydrogen) atoms. The molecule has 1 N–H and O–H groups in total. The first-order chi connectivity index (χ1) is 10.7. The summed E-state index contributed by atoms with van der Waals surface area (Å²) in [5.74, 6) is 1.22. The minimum Gasteiger partial charge on any atom is -0.355 e. The Labute approximate surface area is 139 Å². The number of carbonyl (C=O) groups is 1. The Bertz CT molecular complexity index is 635. The van der Waals surface area contributed by atoms with Crippen LogP contribution in [-0.2, 0) is 24.7 Å². The Morgan fingerprint density at radius 2 is 2.41 bits per heavy atom. The number of rotatable bonds is 6. The molecular weight excluding hydrogens is 314 g/mol. The fourth-order valence-electron chi connectivity index (χ4n) is 2.72. The first-order valence-electron chi connectivity index (χ1n) is 7.67. The summed E-state index contributed by atoms with van der Waals surface area (Å²) in [7, 11) is 1.93. The molecule has 1 amide bonds. The molecule has 0 spiro atoms. The molecule has 0 bridgehead atoms. The van der Waals surface area contributed by atoms with Gasteiger partial charge in [0, 0.05) is 24.7 Å². The highest BCUT2D eigenvalue weighted by Gasteiger charge is 2.27. The van der Waals surface area contributed by atoms with Crippen LogP contribution in [0.5, 0.6) is 0 Å². The van der Waals surface area contributed by atoms with Crippen LogP contribution in [0.2, 0.25) is 0 Å². The van der Waals surface area contributed by atoms with Gasteiger partial charge in [0.2, 0.25) is 5.91 Å². The van der Waals surface area contributed by atoms with Crippen molar-refractivity contribution in [2.24, 2.45) is 7.05 Å². The first-order valence-corrected chi connectivity index (χ1v) is 9.60. The monoisotopic (exact) mass is 335 g/mol. The predicted molar refractivity (Wildman–Crippen MR) is 92.4 cm³/mol. The summed E-state index contributed by atoms with van der Waals surface area (Å²) < 4.78 is 1.83. The van der Waals surface area contributed by atoms with E-state index in [1.807, 2.05) is 17.9 Å². The van der Waals surface area contributed by atoms with Crippen LogP contribution in [0.15, 0.2) is 23.8 Å². The van der Waals surface area contributed by atoms with E-state index in [-0.39, 0.29) is 11.2 Å². The van der Waals surface area contributed by atoms with Crippen molar-refractivity contribution in [1.29, 1.82) is 0 Å². The Morgan fingerprint density at radius 1 is 1.50 bits per heavy atom. The standard InChI is InChI=1S/C16H21N3OS2/c1-19-11-12(10-18-19)4-2-3-7-17-16(20)15-13-5-8-21-14(13)6-9-22-15/h5,8,10-11,15H,2-4,6-7,9H2,1H3,(H,17,20)/t15-/m0/s1. The maximum absolute atomic E-state index is 12.4. The summed E-state index contributed by atoms with van der Waals surface area (Å²) in [6.45, 7) is 0.760. The number of aryl methyl sites for hydroxylation is 3. The van der Waals surface area contributed by atoms with Crippen LogP contribution in [0.4, 0.5) is 0 Å². The fourth-order valence-corrected chi connectivity index (χ4v) is 5.04. The lowest BCUT2D eigenvalue weighted by Crippen LogP contribution is -2.30. The highest BCUT2D eigenvalue weighted by molar-refractivity contribution is 8.00. The Morgan fingerprint density at radius 3 is 3.23 bits per heavy atom. The fraction of sp³-hybridized carbons (Fsp3) is 0.500. The lowest BCUT2D eigenvalue weighted by atomic mass is 10.1. The number of amides is 1. The second kappa shape index (κ2) is 7.33. The van der Waals surface area contributed by atoms with Gasteiger partial charge in [-0.2, -0.15) is 5.10 Å². The van der Waals surface area contributed by atoms with Crippen molar-refractivity contribution < 1.29 is 4.79 Å². The normalized spacial score (nSPS) is 17.2. The van der Waals surface area contributed by atoms with Gasteiger partial charge in [0.1, 0.15) is 5.25 Å². The summed E-state index contributed by atoms with van der Waals surface area (Å²) in [4.78, 5) is 13.7. The number of fused-ring (bicyclic) bond motifs is 1. The van der Waals surface area contributed by atoms with E-state index < -0.39 is 0 Å². The van der Waals surface area contributed by atoms with Crippen LogP contribution in [0.1, 0.15) is 34.1 Å². The third kappa shape index (κ3) is 3.73. The lowest BCUT2D eigenvalue weighted by Gasteiger charge is -2.21. The van der Waals surface area contributed by atoms with E-state index in [9.17, 15) is 4.79 Å². The average Bonchev–Trinajstić information content (AvgIpc) is 3.15. The van der Waals surface area contributed by atoms with Gasteiger partial charge in [-0.25, -0.2) is 0 Å². The Balaban J connectivity index is 1.40. The number of nitrogens with one attached hydrogen (secondary N) is 1. The van der Waals surface area contributed by atoms with Gasteiger partial charge in [-0.3, -0.25) is 9.48 Å². The van der Waals surface area contributed by atoms with Crippen LogP contribution in [0.25, 0.3) is 0 Å². The second-order valence-electron chi connectivity index (χ2n) is 5.57. The molecule has 4 nitrogen and oxygen atoms in total. The van der Waals surface area contributed by atoms with Gasteiger partial charge in [-0.1, -0.05) is 0 Å². The van der Waals surface area contributed by atoms with E-state index in [1.54, 1.807) is 23.1 Å². The van der Waals surface area contributed by atoms with Crippen molar-refractivity contribution in [2.75, 3.05) is 12.3 Å². The average molecular weight is 335 g/mol. The van der Waals surface area contributed by atoms with Crippen LogP contribution in [-0.4, -0.2) is 28.0 Å². The first kappa shape index (κ1) is 15.6. The summed E-state index contributed by atoms with van der Waals surface area (Å²) in [6.07, 6.45) is 8.18. The predicted octanol–water partition coefficient (Wildman–Crippen LogP) is 2.95. The van der Waals surface area contributed by atoms with Crippen LogP contribution in [0, 0.1) is 0 Å². The van der Waals surface area contributed by atoms with Gasteiger partial charge in [-0.05, 0) is 54.0 Å². The van der Waals surface area contributed by atoms with Gasteiger partial charge in [0.25, 0.3) is 0 Å². The summed E-state index contributed by atoms with van der Waals surface area (Å²) in [5, 5.41) is 9.36. The molecule has 0 fully saturated rings. The van der Waals surface area contributed by atoms with Crippen LogP contribution < -0.4 is 5.32 Å². The molecule has 2 aromatic rings.